The van der Waals surface area contributed by atoms with Gasteiger partial charge < -0.3 is 19.9 Å². The summed E-state index contributed by atoms with van der Waals surface area (Å²) in [5.41, 5.74) is 1.51. The summed E-state index contributed by atoms with van der Waals surface area (Å²) in [6.07, 6.45) is 2.15. The zero-order valence-electron chi connectivity index (χ0n) is 16.7. The van der Waals surface area contributed by atoms with E-state index in [-0.39, 0.29) is 24.5 Å². The molecule has 2 aliphatic rings. The van der Waals surface area contributed by atoms with Gasteiger partial charge in [0.1, 0.15) is 5.00 Å². The molecule has 3 rings (SSSR count). The normalized spacial score (nSPS) is 17.3. The Morgan fingerprint density at radius 1 is 1.21 bits per heavy atom. The number of ether oxygens (including phenoxy) is 1. The molecule has 2 fully saturated rings. The molecule has 9 heteroatoms. The third kappa shape index (κ3) is 4.82. The number of thiophene rings is 1. The smallest absolute Gasteiger partial charge is 0.341 e. The molecule has 1 aliphatic heterocycles. The second-order valence-electron chi connectivity index (χ2n) is 7.38. The quantitative estimate of drug-likeness (QED) is 0.729. The van der Waals surface area contributed by atoms with Crippen LogP contribution in [0.3, 0.4) is 0 Å². The van der Waals surface area contributed by atoms with Gasteiger partial charge in [0.25, 0.3) is 0 Å². The van der Waals surface area contributed by atoms with Gasteiger partial charge in [0.05, 0.1) is 18.7 Å². The van der Waals surface area contributed by atoms with Gasteiger partial charge in [0.15, 0.2) is 0 Å². The van der Waals surface area contributed by atoms with Crippen molar-refractivity contribution in [3.63, 3.8) is 0 Å². The van der Waals surface area contributed by atoms with Gasteiger partial charge in [0.2, 0.25) is 5.91 Å². The molecule has 1 N–H and O–H groups in total. The predicted octanol–water partition coefficient (Wildman–Crippen LogP) is 2.04. The van der Waals surface area contributed by atoms with Crippen molar-refractivity contribution in [3.8, 4) is 0 Å². The molecule has 0 bridgehead atoms. The molecule has 0 radical (unpaired) electrons. The Morgan fingerprint density at radius 3 is 2.46 bits per heavy atom. The van der Waals surface area contributed by atoms with E-state index in [0.29, 0.717) is 49.3 Å². The van der Waals surface area contributed by atoms with Crippen LogP contribution in [-0.2, 0) is 9.53 Å². The second-order valence-corrected chi connectivity index (χ2v) is 8.26. The Labute approximate surface area is 169 Å². The molecule has 1 aromatic heterocycles. The Hall–Kier alpha value is -2.13. The van der Waals surface area contributed by atoms with Crippen LogP contribution in [0.25, 0.3) is 0 Å². The Balaban J connectivity index is 1.57. The van der Waals surface area contributed by atoms with E-state index < -0.39 is 0 Å². The predicted molar refractivity (Wildman–Crippen MR) is 108 cm³/mol. The number of nitrogens with zero attached hydrogens (tertiary/aromatic N) is 3. The molecule has 8 nitrogen and oxygen atoms in total. The van der Waals surface area contributed by atoms with E-state index >= 15 is 0 Å². The number of anilines is 1. The monoisotopic (exact) mass is 408 g/mol. The Morgan fingerprint density at radius 2 is 1.89 bits per heavy atom. The highest BCUT2D eigenvalue weighted by Gasteiger charge is 2.32. The maximum absolute atomic E-state index is 12.5. The first-order chi connectivity index (χ1) is 13.4. The highest BCUT2D eigenvalue weighted by molar-refractivity contribution is 7.15. The summed E-state index contributed by atoms with van der Waals surface area (Å²) >= 11 is 1.39. The molecule has 1 saturated heterocycles. The fourth-order valence-corrected chi connectivity index (χ4v) is 4.37. The average molecular weight is 409 g/mol. The van der Waals surface area contributed by atoms with Gasteiger partial charge in [-0.2, -0.15) is 0 Å². The minimum atomic E-state index is -0.364. The van der Waals surface area contributed by atoms with Crippen LogP contribution in [0.15, 0.2) is 5.38 Å². The van der Waals surface area contributed by atoms with Gasteiger partial charge in [-0.1, -0.05) is 0 Å². The molecule has 1 aliphatic carbocycles. The SMILES string of the molecule is CCOC(=O)c1c(C2CC2)csc1NC(=O)CN1CCN(C(=O)N(C)C)CC1. The molecular formula is C19H28N4O4S. The third-order valence-corrected chi connectivity index (χ3v) is 5.88. The third-order valence-electron chi connectivity index (χ3n) is 4.96. The summed E-state index contributed by atoms with van der Waals surface area (Å²) in [6.45, 7) is 4.82. The van der Waals surface area contributed by atoms with Gasteiger partial charge in [-0.3, -0.25) is 9.69 Å². The van der Waals surface area contributed by atoms with E-state index in [9.17, 15) is 14.4 Å². The summed E-state index contributed by atoms with van der Waals surface area (Å²) < 4.78 is 5.20. The number of esters is 1. The van der Waals surface area contributed by atoms with Crippen molar-refractivity contribution in [2.24, 2.45) is 0 Å². The minimum Gasteiger partial charge on any atom is -0.462 e. The topological polar surface area (TPSA) is 82.2 Å². The zero-order chi connectivity index (χ0) is 20.3. The fourth-order valence-electron chi connectivity index (χ4n) is 3.32. The zero-order valence-corrected chi connectivity index (χ0v) is 17.5. The molecular weight excluding hydrogens is 380 g/mol. The number of hydrogen-bond donors (Lipinski definition) is 1. The molecule has 1 aromatic rings. The molecule has 1 saturated carbocycles. The van der Waals surface area contributed by atoms with E-state index in [2.05, 4.69) is 5.32 Å². The van der Waals surface area contributed by atoms with Gasteiger partial charge in [-0.25, -0.2) is 9.59 Å². The van der Waals surface area contributed by atoms with Gasteiger partial charge >= 0.3 is 12.0 Å². The van der Waals surface area contributed by atoms with Crippen LogP contribution >= 0.6 is 11.3 Å². The molecule has 0 spiro atoms. The van der Waals surface area contributed by atoms with Crippen molar-refractivity contribution < 1.29 is 19.1 Å². The molecule has 0 atom stereocenters. The van der Waals surface area contributed by atoms with Crippen LogP contribution in [-0.4, -0.2) is 86.0 Å². The van der Waals surface area contributed by atoms with Crippen LogP contribution in [0.1, 0.15) is 41.6 Å². The largest absolute Gasteiger partial charge is 0.462 e. The summed E-state index contributed by atoms with van der Waals surface area (Å²) in [7, 11) is 3.47. The average Bonchev–Trinajstić information content (AvgIpc) is 3.42. The van der Waals surface area contributed by atoms with Crippen LogP contribution in [0.4, 0.5) is 9.80 Å². The fraction of sp³-hybridized carbons (Fsp3) is 0.632. The molecule has 2 heterocycles. The first kappa shape index (κ1) is 20.6. The Bertz CT molecular complexity index is 736. The van der Waals surface area contributed by atoms with Crippen LogP contribution in [0.5, 0.6) is 0 Å². The van der Waals surface area contributed by atoms with Crippen LogP contribution < -0.4 is 5.32 Å². The number of nitrogens with one attached hydrogen (secondary N) is 1. The van der Waals surface area contributed by atoms with Gasteiger partial charge in [-0.15, -0.1) is 11.3 Å². The van der Waals surface area contributed by atoms with E-state index in [4.69, 9.17) is 4.74 Å². The number of rotatable bonds is 6. The maximum atomic E-state index is 12.5. The first-order valence-corrected chi connectivity index (χ1v) is 10.6. The van der Waals surface area contributed by atoms with Gasteiger partial charge in [0, 0.05) is 40.3 Å². The minimum absolute atomic E-state index is 0.00521. The summed E-state index contributed by atoms with van der Waals surface area (Å²) in [5.74, 6) is -0.109. The summed E-state index contributed by atoms with van der Waals surface area (Å²) in [6, 6.07) is -0.00521. The van der Waals surface area contributed by atoms with Crippen LogP contribution in [0.2, 0.25) is 0 Å². The second kappa shape index (κ2) is 8.91. The van der Waals surface area contributed by atoms with E-state index in [1.54, 1.807) is 30.8 Å². The maximum Gasteiger partial charge on any atom is 0.341 e. The number of hydrogen-bond acceptors (Lipinski definition) is 6. The standard InChI is InChI=1S/C19H28N4O4S/c1-4-27-18(25)16-14(13-5-6-13)12-28-17(16)20-15(24)11-22-7-9-23(10-8-22)19(26)21(2)3/h12-13H,4-11H2,1-3H3,(H,20,24). The number of piperazine rings is 1. The lowest BCUT2D eigenvalue weighted by molar-refractivity contribution is -0.117. The van der Waals surface area contributed by atoms with Crippen molar-refractivity contribution in [3.05, 3.63) is 16.5 Å². The van der Waals surface area contributed by atoms with E-state index in [0.717, 1.165) is 18.4 Å². The highest BCUT2D eigenvalue weighted by atomic mass is 32.1. The molecule has 3 amide bonds. The van der Waals surface area contributed by atoms with Crippen molar-refractivity contribution >= 4 is 34.2 Å². The van der Waals surface area contributed by atoms with E-state index in [1.165, 1.54) is 11.3 Å². The molecule has 0 aromatic carbocycles. The summed E-state index contributed by atoms with van der Waals surface area (Å²) in [4.78, 5) is 42.3. The lowest BCUT2D eigenvalue weighted by Gasteiger charge is -2.35. The Kier molecular flexibility index (Phi) is 6.56. The van der Waals surface area contributed by atoms with Crippen molar-refractivity contribution in [2.75, 3.05) is 58.7 Å². The number of urea groups is 1. The molecule has 0 unspecified atom stereocenters. The number of carbonyl (C=O) groups excluding carboxylic acids is 3. The van der Waals surface area contributed by atoms with Crippen molar-refractivity contribution in [1.29, 1.82) is 0 Å². The highest BCUT2D eigenvalue weighted by Crippen LogP contribution is 2.46. The van der Waals surface area contributed by atoms with E-state index in [1.807, 2.05) is 10.3 Å². The number of carbonyl (C=O) groups is 3. The van der Waals surface area contributed by atoms with Crippen LogP contribution in [0, 0.1) is 0 Å². The summed E-state index contributed by atoms with van der Waals surface area (Å²) in [5, 5.41) is 5.44. The molecule has 154 valence electrons. The van der Waals surface area contributed by atoms with Crippen molar-refractivity contribution in [1.82, 2.24) is 14.7 Å². The van der Waals surface area contributed by atoms with Crippen molar-refractivity contribution in [2.45, 2.75) is 25.7 Å². The first-order valence-electron chi connectivity index (χ1n) is 9.67. The molecule has 28 heavy (non-hydrogen) atoms. The lowest BCUT2D eigenvalue weighted by Crippen LogP contribution is -2.52. The van der Waals surface area contributed by atoms with Gasteiger partial charge in [-0.05, 0) is 36.6 Å². The lowest BCUT2D eigenvalue weighted by atomic mass is 10.1. The number of amides is 3.